The lowest BCUT2D eigenvalue weighted by molar-refractivity contribution is -0.192. The molecule has 5 rings (SSSR count). The number of carbonyl (C=O) groups is 1. The molecule has 1 aliphatic heterocycles. The van der Waals surface area contributed by atoms with Crippen molar-refractivity contribution in [3.8, 4) is 6.07 Å². The average Bonchev–Trinajstić information content (AvgIpc) is 3.59. The summed E-state index contributed by atoms with van der Waals surface area (Å²) in [5, 5.41) is 30.9. The van der Waals surface area contributed by atoms with Crippen molar-refractivity contribution >= 4 is 44.3 Å². The Balaban J connectivity index is 0.000000470. The smallest absolute Gasteiger partial charge is 0.475 e. The molecule has 4 N–H and O–H groups in total. The third kappa shape index (κ3) is 7.48. The normalized spacial score (nSPS) is 15.4. The first-order valence-corrected chi connectivity index (χ1v) is 14.2. The van der Waals surface area contributed by atoms with Crippen LogP contribution < -0.4 is 16.0 Å². The number of hydrogen-bond donors (Lipinski definition) is 4. The number of carboxylic acids is 1. The van der Waals surface area contributed by atoms with Gasteiger partial charge in [-0.15, -0.1) is 0 Å². The van der Waals surface area contributed by atoms with Crippen LogP contribution in [0.1, 0.15) is 36.0 Å². The van der Waals surface area contributed by atoms with E-state index in [1.54, 1.807) is 4.52 Å². The third-order valence-electron chi connectivity index (χ3n) is 5.93. The number of nitrogens with one attached hydrogen (secondary N) is 3. The Bertz CT molecular complexity index is 1610. The van der Waals surface area contributed by atoms with Gasteiger partial charge in [0.05, 0.1) is 11.9 Å². The summed E-state index contributed by atoms with van der Waals surface area (Å²) in [4.78, 5) is 13.5. The van der Waals surface area contributed by atoms with Gasteiger partial charge in [0, 0.05) is 30.6 Å². The first kappa shape index (κ1) is 28.8. The van der Waals surface area contributed by atoms with Gasteiger partial charge in [-0.05, 0) is 54.6 Å². The number of sulfone groups is 1. The number of aromatic nitrogens is 3. The van der Waals surface area contributed by atoms with Crippen molar-refractivity contribution in [1.29, 1.82) is 5.26 Å². The molecule has 1 fully saturated rings. The molecule has 0 unspecified atom stereocenters. The van der Waals surface area contributed by atoms with Crippen LogP contribution in [0.15, 0.2) is 36.5 Å². The highest BCUT2D eigenvalue weighted by molar-refractivity contribution is 7.89. The van der Waals surface area contributed by atoms with Crippen LogP contribution in [0.2, 0.25) is 0 Å². The second kappa shape index (κ2) is 11.5. The fourth-order valence-corrected chi connectivity index (χ4v) is 4.83. The summed E-state index contributed by atoms with van der Waals surface area (Å²) < 4.78 is 57.6. The number of fused-ring (bicyclic) bond motifs is 1. The lowest BCUT2D eigenvalue weighted by Gasteiger charge is -2.19. The highest BCUT2D eigenvalue weighted by Crippen LogP contribution is 2.30. The minimum atomic E-state index is -5.08. The number of aliphatic carboxylic acids is 1. The Hall–Kier alpha value is -4.16. The average molecular weight is 578 g/mol. The van der Waals surface area contributed by atoms with Crippen LogP contribution >= 0.6 is 0 Å². The van der Waals surface area contributed by atoms with E-state index in [0.717, 1.165) is 60.6 Å². The molecule has 1 saturated carbocycles. The second-order valence-electron chi connectivity index (χ2n) is 9.42. The predicted molar refractivity (Wildman–Crippen MR) is 142 cm³/mol. The van der Waals surface area contributed by atoms with E-state index >= 15 is 0 Å². The fraction of sp³-hybridized carbons (Fsp3) is 0.360. The monoisotopic (exact) mass is 577 g/mol. The lowest BCUT2D eigenvalue weighted by Crippen LogP contribution is -2.22. The van der Waals surface area contributed by atoms with E-state index in [1.807, 2.05) is 24.3 Å². The van der Waals surface area contributed by atoms with Crippen LogP contribution in [0.3, 0.4) is 0 Å². The van der Waals surface area contributed by atoms with Crippen LogP contribution in [0, 0.1) is 11.3 Å². The highest BCUT2D eigenvalue weighted by atomic mass is 32.2. The number of nitriles is 1. The van der Waals surface area contributed by atoms with Gasteiger partial charge in [0.15, 0.2) is 15.5 Å². The quantitative estimate of drug-likeness (QED) is 0.327. The summed E-state index contributed by atoms with van der Waals surface area (Å²) in [6.07, 6.45) is 2.95. The largest absolute Gasteiger partial charge is 0.490 e. The first-order valence-electron chi connectivity index (χ1n) is 12.2. The summed E-state index contributed by atoms with van der Waals surface area (Å²) in [5.41, 5.74) is 4.39. The highest BCUT2D eigenvalue weighted by Gasteiger charge is 2.38. The maximum Gasteiger partial charge on any atom is 0.490 e. The summed E-state index contributed by atoms with van der Waals surface area (Å²) in [7, 11) is -3.22. The minimum absolute atomic E-state index is 0.0443. The van der Waals surface area contributed by atoms with Gasteiger partial charge >= 0.3 is 12.1 Å². The molecule has 15 heteroatoms. The third-order valence-corrected chi connectivity index (χ3v) is 6.77. The molecule has 1 aliphatic carbocycles. The minimum Gasteiger partial charge on any atom is -0.475 e. The molecule has 2 aliphatic rings. The number of nitrogens with zero attached hydrogens (tertiary/aromatic N) is 4. The summed E-state index contributed by atoms with van der Waals surface area (Å²) in [6.45, 7) is 1.64. The molecule has 0 radical (unpaired) electrons. The standard InChI is InChI=1S/C23H25N7O2S.C2HF3O2/c1-33(31,32)14-16-9-19(6-7-20(16)15-3-2-8-25-12-15)27-21-10-22(28-18-4-5-18)30-23(29-21)17(11-24)13-26-30;3-2(4,5)1(6)7/h3,6-7,9-10,13,18,25,28H,2,4-5,8,12,14H2,1H3,(H,27,29);(H,6,7). The van der Waals surface area contributed by atoms with Gasteiger partial charge < -0.3 is 21.1 Å². The molecule has 0 amide bonds. The molecule has 0 spiro atoms. The van der Waals surface area contributed by atoms with Crippen LogP contribution in [-0.2, 0) is 20.4 Å². The molecule has 0 bridgehead atoms. The Morgan fingerprint density at radius 3 is 2.60 bits per heavy atom. The summed E-state index contributed by atoms with van der Waals surface area (Å²) in [5.74, 6) is -1.48. The van der Waals surface area contributed by atoms with E-state index in [-0.39, 0.29) is 5.75 Å². The van der Waals surface area contributed by atoms with E-state index in [2.05, 4.69) is 38.2 Å². The van der Waals surface area contributed by atoms with Crippen LogP contribution in [0.4, 0.5) is 30.5 Å². The molecule has 2 aromatic heterocycles. The van der Waals surface area contributed by atoms with E-state index in [1.165, 1.54) is 12.5 Å². The van der Waals surface area contributed by atoms with Crippen molar-refractivity contribution in [3.63, 3.8) is 0 Å². The maximum atomic E-state index is 12.1. The van der Waals surface area contributed by atoms with Crippen LogP contribution in [0.25, 0.3) is 11.2 Å². The van der Waals surface area contributed by atoms with Crippen molar-refractivity contribution < 1.29 is 31.5 Å². The van der Waals surface area contributed by atoms with Gasteiger partial charge in [0.1, 0.15) is 23.3 Å². The molecule has 0 atom stereocenters. The molecular weight excluding hydrogens is 551 g/mol. The molecule has 0 saturated heterocycles. The van der Waals surface area contributed by atoms with Crippen molar-refractivity contribution in [2.45, 2.75) is 37.2 Å². The molecule has 11 nitrogen and oxygen atoms in total. The van der Waals surface area contributed by atoms with Gasteiger partial charge in [-0.25, -0.2) is 18.2 Å². The molecule has 3 heterocycles. The topological polar surface area (TPSA) is 162 Å². The Kier molecular flexibility index (Phi) is 8.31. The Labute approximate surface area is 227 Å². The van der Waals surface area contributed by atoms with E-state index < -0.39 is 22.0 Å². The van der Waals surface area contributed by atoms with E-state index in [4.69, 9.17) is 9.90 Å². The van der Waals surface area contributed by atoms with Crippen molar-refractivity contribution in [1.82, 2.24) is 19.9 Å². The Morgan fingerprint density at radius 2 is 2.02 bits per heavy atom. The summed E-state index contributed by atoms with van der Waals surface area (Å²) in [6, 6.07) is 10.2. The van der Waals surface area contributed by atoms with E-state index in [9.17, 15) is 26.9 Å². The first-order chi connectivity index (χ1) is 18.8. The van der Waals surface area contributed by atoms with Crippen molar-refractivity contribution in [2.75, 3.05) is 30.0 Å². The number of halogens is 3. The Morgan fingerprint density at radius 1 is 1.30 bits per heavy atom. The predicted octanol–water partition coefficient (Wildman–Crippen LogP) is 3.47. The SMILES string of the molecule is CS(=O)(=O)Cc1cc(Nc2cc(NC3CC3)n3ncc(C#N)c3n2)ccc1C1=CCCNC1.O=C(O)C(F)(F)F. The van der Waals surface area contributed by atoms with Gasteiger partial charge in [-0.3, -0.25) is 0 Å². The van der Waals surface area contributed by atoms with Crippen LogP contribution in [0.5, 0.6) is 0 Å². The van der Waals surface area contributed by atoms with Gasteiger partial charge in [0.25, 0.3) is 0 Å². The van der Waals surface area contributed by atoms with Gasteiger partial charge in [-0.1, -0.05) is 12.1 Å². The maximum absolute atomic E-state index is 12.1. The van der Waals surface area contributed by atoms with Crippen molar-refractivity contribution in [2.24, 2.45) is 0 Å². The lowest BCUT2D eigenvalue weighted by atomic mass is 9.97. The van der Waals surface area contributed by atoms with Gasteiger partial charge in [-0.2, -0.15) is 28.0 Å². The van der Waals surface area contributed by atoms with Crippen molar-refractivity contribution in [3.05, 3.63) is 53.2 Å². The number of hydrogen-bond acceptors (Lipinski definition) is 9. The zero-order valence-electron chi connectivity index (χ0n) is 21.3. The molecule has 40 heavy (non-hydrogen) atoms. The second-order valence-corrected chi connectivity index (χ2v) is 11.6. The molecule has 1 aromatic carbocycles. The molecule has 212 valence electrons. The zero-order valence-corrected chi connectivity index (χ0v) is 22.1. The zero-order chi connectivity index (χ0) is 29.1. The molecular formula is C25H26F3N7O4S. The van der Waals surface area contributed by atoms with E-state index in [0.29, 0.717) is 23.1 Å². The fourth-order valence-electron chi connectivity index (χ4n) is 4.03. The number of rotatable bonds is 7. The summed E-state index contributed by atoms with van der Waals surface area (Å²) >= 11 is 0. The van der Waals surface area contributed by atoms with Crippen LogP contribution in [-0.4, -0.2) is 65.7 Å². The number of anilines is 3. The number of alkyl halides is 3. The number of carboxylic acid groups (broad SMARTS) is 1. The molecule has 3 aromatic rings. The van der Waals surface area contributed by atoms with Gasteiger partial charge in [0.2, 0.25) is 0 Å². The number of benzene rings is 1.